The van der Waals surface area contributed by atoms with E-state index in [1.807, 2.05) is 12.1 Å². The summed E-state index contributed by atoms with van der Waals surface area (Å²) in [5.41, 5.74) is 5.22. The number of allylic oxidation sites excluding steroid dienone is 2. The molecule has 1 nitrogen and oxygen atoms in total. The SMILES string of the molecule is CC(C)c1cccc2c1N[C@H](c1ccc(Cl)cc1Cl)[C@@H]1CC=C[C@@H]21. The first-order valence-corrected chi connectivity index (χ1v) is 9.33. The zero-order valence-corrected chi connectivity index (χ0v) is 15.4. The molecule has 1 aliphatic heterocycles. The maximum atomic E-state index is 6.54. The monoisotopic (exact) mass is 357 g/mol. The molecule has 0 spiro atoms. The quantitative estimate of drug-likeness (QED) is 0.573. The second-order valence-electron chi connectivity index (χ2n) is 7.11. The Morgan fingerprint density at radius 2 is 1.92 bits per heavy atom. The van der Waals surface area contributed by atoms with Crippen molar-refractivity contribution in [2.45, 2.75) is 38.1 Å². The number of hydrogen-bond donors (Lipinski definition) is 1. The molecule has 0 radical (unpaired) electrons. The van der Waals surface area contributed by atoms with Gasteiger partial charge < -0.3 is 5.32 Å². The van der Waals surface area contributed by atoms with Gasteiger partial charge in [-0.1, -0.05) is 73.5 Å². The fraction of sp³-hybridized carbons (Fsp3) is 0.333. The summed E-state index contributed by atoms with van der Waals surface area (Å²) in [7, 11) is 0. The normalized spacial score (nSPS) is 24.6. The van der Waals surface area contributed by atoms with Gasteiger partial charge in [0.15, 0.2) is 0 Å². The van der Waals surface area contributed by atoms with Crippen LogP contribution in [0, 0.1) is 5.92 Å². The zero-order valence-electron chi connectivity index (χ0n) is 13.9. The van der Waals surface area contributed by atoms with Crippen molar-refractivity contribution < 1.29 is 0 Å². The topological polar surface area (TPSA) is 12.0 Å². The zero-order chi connectivity index (χ0) is 16.8. The Morgan fingerprint density at radius 1 is 1.08 bits per heavy atom. The number of para-hydroxylation sites is 1. The van der Waals surface area contributed by atoms with Gasteiger partial charge in [0, 0.05) is 21.7 Å². The molecule has 3 atom stereocenters. The van der Waals surface area contributed by atoms with Crippen molar-refractivity contribution in [3.63, 3.8) is 0 Å². The van der Waals surface area contributed by atoms with Crippen molar-refractivity contribution in [2.75, 3.05) is 5.32 Å². The van der Waals surface area contributed by atoms with Crippen molar-refractivity contribution in [1.29, 1.82) is 0 Å². The molecule has 1 heterocycles. The predicted molar refractivity (Wildman–Crippen MR) is 103 cm³/mol. The first-order valence-electron chi connectivity index (χ1n) is 8.57. The molecule has 2 aliphatic rings. The largest absolute Gasteiger partial charge is 0.377 e. The van der Waals surface area contributed by atoms with Gasteiger partial charge in [0.05, 0.1) is 6.04 Å². The molecule has 0 unspecified atom stereocenters. The third-order valence-corrected chi connectivity index (χ3v) is 5.91. The lowest BCUT2D eigenvalue weighted by atomic mass is 9.75. The van der Waals surface area contributed by atoms with E-state index < -0.39 is 0 Å². The first kappa shape index (κ1) is 16.1. The molecular formula is C21H21Cl2N. The van der Waals surface area contributed by atoms with Gasteiger partial charge in [0.2, 0.25) is 0 Å². The molecule has 124 valence electrons. The van der Waals surface area contributed by atoms with Crippen LogP contribution in [0.15, 0.2) is 48.6 Å². The van der Waals surface area contributed by atoms with E-state index in [-0.39, 0.29) is 6.04 Å². The van der Waals surface area contributed by atoms with Gasteiger partial charge in [-0.3, -0.25) is 0 Å². The highest BCUT2D eigenvalue weighted by Gasteiger charge is 2.39. The van der Waals surface area contributed by atoms with Gasteiger partial charge in [0.25, 0.3) is 0 Å². The second kappa shape index (κ2) is 6.13. The Morgan fingerprint density at radius 3 is 2.67 bits per heavy atom. The third-order valence-electron chi connectivity index (χ3n) is 5.35. The van der Waals surface area contributed by atoms with Gasteiger partial charge >= 0.3 is 0 Å². The van der Waals surface area contributed by atoms with Crippen LogP contribution in [-0.2, 0) is 0 Å². The molecule has 4 rings (SSSR count). The smallest absolute Gasteiger partial charge is 0.0568 e. The maximum Gasteiger partial charge on any atom is 0.0568 e. The highest BCUT2D eigenvalue weighted by molar-refractivity contribution is 6.35. The maximum absolute atomic E-state index is 6.54. The summed E-state index contributed by atoms with van der Waals surface area (Å²) in [4.78, 5) is 0. The average Bonchev–Trinajstić information content (AvgIpc) is 3.03. The fourth-order valence-corrected chi connectivity index (χ4v) is 4.71. The van der Waals surface area contributed by atoms with Crippen molar-refractivity contribution >= 4 is 28.9 Å². The van der Waals surface area contributed by atoms with Crippen molar-refractivity contribution in [3.05, 3.63) is 75.3 Å². The number of nitrogens with one attached hydrogen (secondary N) is 1. The summed E-state index contributed by atoms with van der Waals surface area (Å²) in [6, 6.07) is 12.8. The summed E-state index contributed by atoms with van der Waals surface area (Å²) in [6.45, 7) is 4.50. The highest BCUT2D eigenvalue weighted by Crippen LogP contribution is 2.52. The fourth-order valence-electron chi connectivity index (χ4n) is 4.19. The Kier molecular flexibility index (Phi) is 4.10. The number of benzene rings is 2. The van der Waals surface area contributed by atoms with Crippen LogP contribution in [0.3, 0.4) is 0 Å². The molecule has 0 aromatic heterocycles. The van der Waals surface area contributed by atoms with E-state index in [9.17, 15) is 0 Å². The van der Waals surface area contributed by atoms with Gasteiger partial charge in [0.1, 0.15) is 0 Å². The minimum absolute atomic E-state index is 0.210. The van der Waals surface area contributed by atoms with Gasteiger partial charge in [-0.2, -0.15) is 0 Å². The standard InChI is InChI=1S/C21H21Cl2N/c1-12(2)14-5-3-7-16-15-6-4-8-17(15)21(24-20(14)16)18-10-9-13(22)11-19(18)23/h3-7,9-12,15,17,21,24H,8H2,1-2H3/t15-,17+,21-/m0/s1. The summed E-state index contributed by atoms with van der Waals surface area (Å²) in [6.07, 6.45) is 5.75. The van der Waals surface area contributed by atoms with E-state index in [0.29, 0.717) is 22.8 Å². The van der Waals surface area contributed by atoms with Crippen molar-refractivity contribution in [2.24, 2.45) is 5.92 Å². The lowest BCUT2D eigenvalue weighted by Crippen LogP contribution is -2.30. The summed E-state index contributed by atoms with van der Waals surface area (Å²) >= 11 is 12.6. The Labute approximate surface area is 153 Å². The van der Waals surface area contributed by atoms with E-state index in [4.69, 9.17) is 23.2 Å². The van der Waals surface area contributed by atoms with Gasteiger partial charge in [-0.15, -0.1) is 0 Å². The van der Waals surface area contributed by atoms with Crippen molar-refractivity contribution in [1.82, 2.24) is 0 Å². The summed E-state index contributed by atoms with van der Waals surface area (Å²) in [5, 5.41) is 5.26. The van der Waals surface area contributed by atoms with E-state index >= 15 is 0 Å². The number of fused-ring (bicyclic) bond motifs is 3. The van der Waals surface area contributed by atoms with Crippen LogP contribution in [-0.4, -0.2) is 0 Å². The number of rotatable bonds is 2. The number of anilines is 1. The predicted octanol–water partition coefficient (Wildman–Crippen LogP) is 6.94. The molecule has 0 fully saturated rings. The lowest BCUT2D eigenvalue weighted by Gasteiger charge is -2.39. The van der Waals surface area contributed by atoms with Gasteiger partial charge in [-0.25, -0.2) is 0 Å². The summed E-state index contributed by atoms with van der Waals surface area (Å²) < 4.78 is 0. The Balaban J connectivity index is 1.84. The van der Waals surface area contributed by atoms with Crippen LogP contribution in [0.1, 0.15) is 54.8 Å². The van der Waals surface area contributed by atoms with Crippen LogP contribution in [0.25, 0.3) is 0 Å². The van der Waals surface area contributed by atoms with Crippen LogP contribution in [0.2, 0.25) is 10.0 Å². The second-order valence-corrected chi connectivity index (χ2v) is 7.95. The third kappa shape index (κ3) is 2.55. The number of hydrogen-bond acceptors (Lipinski definition) is 1. The average molecular weight is 358 g/mol. The Hall–Kier alpha value is -1.44. The van der Waals surface area contributed by atoms with E-state index in [2.05, 4.69) is 55.6 Å². The molecular weight excluding hydrogens is 337 g/mol. The van der Waals surface area contributed by atoms with Crippen LogP contribution < -0.4 is 5.32 Å². The van der Waals surface area contributed by atoms with Crippen LogP contribution in [0.5, 0.6) is 0 Å². The first-order chi connectivity index (χ1) is 11.6. The molecule has 0 saturated carbocycles. The molecule has 2 aromatic rings. The molecule has 2 aromatic carbocycles. The van der Waals surface area contributed by atoms with Gasteiger partial charge in [-0.05, 0) is 47.1 Å². The van der Waals surface area contributed by atoms with Crippen LogP contribution in [0.4, 0.5) is 5.69 Å². The molecule has 24 heavy (non-hydrogen) atoms. The van der Waals surface area contributed by atoms with E-state index in [1.165, 1.54) is 16.8 Å². The minimum atomic E-state index is 0.210. The highest BCUT2D eigenvalue weighted by atomic mass is 35.5. The molecule has 1 N–H and O–H groups in total. The molecule has 1 aliphatic carbocycles. The molecule has 0 saturated heterocycles. The van der Waals surface area contributed by atoms with E-state index in [1.54, 1.807) is 0 Å². The van der Waals surface area contributed by atoms with E-state index in [0.717, 1.165) is 17.0 Å². The summed E-state index contributed by atoms with van der Waals surface area (Å²) in [5.74, 6) is 1.44. The molecule has 0 amide bonds. The Bertz CT molecular complexity index is 809. The lowest BCUT2D eigenvalue weighted by molar-refractivity contribution is 0.424. The van der Waals surface area contributed by atoms with Crippen molar-refractivity contribution in [3.8, 4) is 0 Å². The minimum Gasteiger partial charge on any atom is -0.377 e. The number of halogens is 2. The molecule has 3 heteroatoms. The molecule has 0 bridgehead atoms. The van der Waals surface area contributed by atoms with Crippen LogP contribution >= 0.6 is 23.2 Å².